The fraction of sp³-hybridized carbons (Fsp3) is 0.571. The maximum absolute atomic E-state index is 5.37. The van der Waals surface area contributed by atoms with Gasteiger partial charge in [-0.15, -0.1) is 24.8 Å². The zero-order chi connectivity index (χ0) is 7.40. The minimum Gasteiger partial charge on any atom is -0.330 e. The van der Waals surface area contributed by atoms with Gasteiger partial charge in [0.2, 0.25) is 0 Å². The van der Waals surface area contributed by atoms with Gasteiger partial charge < -0.3 is 5.73 Å². The molecule has 0 saturated heterocycles. The fourth-order valence-electron chi connectivity index (χ4n) is 0.930. The lowest BCUT2D eigenvalue weighted by Gasteiger charge is -1.98. The number of nitrogens with zero attached hydrogens (tertiary/aromatic N) is 2. The van der Waals surface area contributed by atoms with Crippen LogP contribution in [0.3, 0.4) is 0 Å². The Bertz CT molecular complexity index is 200. The summed E-state index contributed by atoms with van der Waals surface area (Å²) in [5.74, 6) is 0. The lowest BCUT2D eigenvalue weighted by atomic mass is 10.2. The van der Waals surface area contributed by atoms with E-state index in [1.54, 1.807) is 0 Å². The van der Waals surface area contributed by atoms with Gasteiger partial charge in [-0.1, -0.05) is 0 Å². The SMILES string of the molecule is Cl.Cl.Cn1nccc1CCCN. The Labute approximate surface area is 85.1 Å². The smallest absolute Gasteiger partial charge is 0.0492 e. The molecule has 1 aromatic rings. The van der Waals surface area contributed by atoms with Crippen LogP contribution in [-0.4, -0.2) is 16.3 Å². The van der Waals surface area contributed by atoms with E-state index in [1.807, 2.05) is 24.0 Å². The van der Waals surface area contributed by atoms with Crippen LogP contribution in [0.1, 0.15) is 12.1 Å². The lowest BCUT2D eigenvalue weighted by molar-refractivity contribution is 0.686. The molecule has 0 amide bonds. The predicted molar refractivity (Wildman–Crippen MR) is 55.1 cm³/mol. The summed E-state index contributed by atoms with van der Waals surface area (Å²) >= 11 is 0. The number of aryl methyl sites for hydroxylation is 2. The molecule has 1 aromatic heterocycles. The molecule has 0 aliphatic rings. The van der Waals surface area contributed by atoms with Crippen LogP contribution in [0.4, 0.5) is 0 Å². The van der Waals surface area contributed by atoms with Crippen molar-refractivity contribution in [1.82, 2.24) is 9.78 Å². The third-order valence-electron chi connectivity index (χ3n) is 1.56. The lowest BCUT2D eigenvalue weighted by Crippen LogP contribution is -2.03. The summed E-state index contributed by atoms with van der Waals surface area (Å²) in [7, 11) is 1.95. The highest BCUT2D eigenvalue weighted by Crippen LogP contribution is 1.98. The van der Waals surface area contributed by atoms with Crippen molar-refractivity contribution in [3.05, 3.63) is 18.0 Å². The number of aromatic nitrogens is 2. The first-order valence-corrected chi connectivity index (χ1v) is 3.51. The molecule has 0 aliphatic carbocycles. The van der Waals surface area contributed by atoms with Crippen molar-refractivity contribution in [1.29, 1.82) is 0 Å². The van der Waals surface area contributed by atoms with Crippen LogP contribution in [0.2, 0.25) is 0 Å². The van der Waals surface area contributed by atoms with Crippen LogP contribution < -0.4 is 5.73 Å². The van der Waals surface area contributed by atoms with Crippen molar-refractivity contribution in [3.8, 4) is 0 Å². The zero-order valence-corrected chi connectivity index (χ0v) is 8.70. The van der Waals surface area contributed by atoms with Gasteiger partial charge in [0.25, 0.3) is 0 Å². The maximum Gasteiger partial charge on any atom is 0.0492 e. The zero-order valence-electron chi connectivity index (χ0n) is 7.06. The van der Waals surface area contributed by atoms with E-state index in [0.717, 1.165) is 19.4 Å². The number of hydrogen-bond donors (Lipinski definition) is 1. The highest BCUT2D eigenvalue weighted by molar-refractivity contribution is 5.85. The number of halogens is 2. The Balaban J connectivity index is 0. The summed E-state index contributed by atoms with van der Waals surface area (Å²) in [4.78, 5) is 0. The van der Waals surface area contributed by atoms with E-state index >= 15 is 0 Å². The molecule has 1 rings (SSSR count). The van der Waals surface area contributed by atoms with Gasteiger partial charge in [-0.3, -0.25) is 4.68 Å². The molecule has 72 valence electrons. The number of hydrogen-bond acceptors (Lipinski definition) is 2. The third-order valence-corrected chi connectivity index (χ3v) is 1.56. The molecular weight excluding hydrogens is 197 g/mol. The Morgan fingerprint density at radius 2 is 2.17 bits per heavy atom. The number of rotatable bonds is 3. The van der Waals surface area contributed by atoms with E-state index in [-0.39, 0.29) is 24.8 Å². The molecule has 0 bridgehead atoms. The van der Waals surface area contributed by atoms with E-state index < -0.39 is 0 Å². The fourth-order valence-corrected chi connectivity index (χ4v) is 0.930. The minimum absolute atomic E-state index is 0. The van der Waals surface area contributed by atoms with Crippen LogP contribution in [0.15, 0.2) is 12.3 Å². The topological polar surface area (TPSA) is 43.8 Å². The molecule has 0 aromatic carbocycles. The molecule has 0 radical (unpaired) electrons. The van der Waals surface area contributed by atoms with Crippen LogP contribution in [0, 0.1) is 0 Å². The van der Waals surface area contributed by atoms with Gasteiger partial charge >= 0.3 is 0 Å². The van der Waals surface area contributed by atoms with Crippen molar-refractivity contribution >= 4 is 24.8 Å². The third kappa shape index (κ3) is 3.95. The minimum atomic E-state index is 0. The molecular formula is C7H15Cl2N3. The van der Waals surface area contributed by atoms with Crippen molar-refractivity contribution in [2.45, 2.75) is 12.8 Å². The van der Waals surface area contributed by atoms with Crippen LogP contribution in [-0.2, 0) is 13.5 Å². The average Bonchev–Trinajstić information content (AvgIpc) is 2.31. The molecule has 5 heteroatoms. The maximum atomic E-state index is 5.37. The van der Waals surface area contributed by atoms with E-state index in [1.165, 1.54) is 5.69 Å². The normalized spacial score (nSPS) is 8.50. The van der Waals surface area contributed by atoms with E-state index in [0.29, 0.717) is 0 Å². The van der Waals surface area contributed by atoms with Crippen LogP contribution in [0.25, 0.3) is 0 Å². The molecule has 12 heavy (non-hydrogen) atoms. The first-order chi connectivity index (χ1) is 4.84. The van der Waals surface area contributed by atoms with E-state index in [2.05, 4.69) is 5.10 Å². The van der Waals surface area contributed by atoms with Crippen LogP contribution >= 0.6 is 24.8 Å². The monoisotopic (exact) mass is 211 g/mol. The van der Waals surface area contributed by atoms with Crippen molar-refractivity contribution in [2.75, 3.05) is 6.54 Å². The largest absolute Gasteiger partial charge is 0.330 e. The summed E-state index contributed by atoms with van der Waals surface area (Å²) in [6.45, 7) is 0.755. The second kappa shape index (κ2) is 7.40. The predicted octanol–water partition coefficient (Wildman–Crippen LogP) is 1.15. The highest BCUT2D eigenvalue weighted by Gasteiger charge is 1.95. The molecule has 0 atom stereocenters. The van der Waals surface area contributed by atoms with Gasteiger partial charge in [-0.05, 0) is 25.5 Å². The van der Waals surface area contributed by atoms with Crippen molar-refractivity contribution < 1.29 is 0 Å². The first kappa shape index (κ1) is 14.3. The van der Waals surface area contributed by atoms with Crippen LogP contribution in [0.5, 0.6) is 0 Å². The molecule has 3 nitrogen and oxygen atoms in total. The summed E-state index contributed by atoms with van der Waals surface area (Å²) in [5.41, 5.74) is 6.62. The Hall–Kier alpha value is -0.250. The standard InChI is InChI=1S/C7H13N3.2ClH/c1-10-7(3-2-5-8)4-6-9-10;;/h4,6H,2-3,5,8H2,1H3;2*1H. The molecule has 1 heterocycles. The molecule has 0 spiro atoms. The van der Waals surface area contributed by atoms with Crippen molar-refractivity contribution in [3.63, 3.8) is 0 Å². The number of nitrogens with two attached hydrogens (primary N) is 1. The van der Waals surface area contributed by atoms with E-state index in [9.17, 15) is 0 Å². The van der Waals surface area contributed by atoms with Gasteiger partial charge in [-0.2, -0.15) is 5.10 Å². The average molecular weight is 212 g/mol. The quantitative estimate of drug-likeness (QED) is 0.816. The second-order valence-corrected chi connectivity index (χ2v) is 2.34. The molecule has 0 aliphatic heterocycles. The van der Waals surface area contributed by atoms with Gasteiger partial charge in [0.15, 0.2) is 0 Å². The first-order valence-electron chi connectivity index (χ1n) is 3.51. The highest BCUT2D eigenvalue weighted by atomic mass is 35.5. The molecule has 0 saturated carbocycles. The molecule has 0 unspecified atom stereocenters. The van der Waals surface area contributed by atoms with Gasteiger partial charge in [0.1, 0.15) is 0 Å². The van der Waals surface area contributed by atoms with Crippen molar-refractivity contribution in [2.24, 2.45) is 12.8 Å². The molecule has 2 N–H and O–H groups in total. The van der Waals surface area contributed by atoms with Gasteiger partial charge in [0, 0.05) is 18.9 Å². The second-order valence-electron chi connectivity index (χ2n) is 2.34. The van der Waals surface area contributed by atoms with Gasteiger partial charge in [-0.25, -0.2) is 0 Å². The van der Waals surface area contributed by atoms with Gasteiger partial charge in [0.05, 0.1) is 0 Å². The van der Waals surface area contributed by atoms with E-state index in [4.69, 9.17) is 5.73 Å². The Morgan fingerprint density at radius 1 is 1.50 bits per heavy atom. The summed E-state index contributed by atoms with van der Waals surface area (Å²) in [6, 6.07) is 2.02. The summed E-state index contributed by atoms with van der Waals surface area (Å²) in [6.07, 6.45) is 3.89. The Morgan fingerprint density at radius 3 is 2.58 bits per heavy atom. The summed E-state index contributed by atoms with van der Waals surface area (Å²) < 4.78 is 1.88. The molecule has 0 fully saturated rings. The summed E-state index contributed by atoms with van der Waals surface area (Å²) in [5, 5.41) is 4.05. The Kier molecular flexibility index (Phi) is 8.81.